The molecule has 0 aliphatic carbocycles. The molecule has 3 nitrogen and oxygen atoms in total. The van der Waals surface area contributed by atoms with Gasteiger partial charge in [-0.3, -0.25) is 0 Å². The fourth-order valence-electron chi connectivity index (χ4n) is 1.65. The molecule has 104 valence electrons. The number of nitrogens with zero attached hydrogens (tertiary/aromatic N) is 1. The van der Waals surface area contributed by atoms with Crippen LogP contribution in [0.2, 0.25) is 5.02 Å². The van der Waals surface area contributed by atoms with Crippen molar-refractivity contribution >= 4 is 17.3 Å². The zero-order valence-electron chi connectivity index (χ0n) is 10.8. The van der Waals surface area contributed by atoms with Crippen LogP contribution in [0.1, 0.15) is 18.1 Å². The fourth-order valence-corrected chi connectivity index (χ4v) is 1.81. The van der Waals surface area contributed by atoms with Gasteiger partial charge in [-0.05, 0) is 48.9 Å². The van der Waals surface area contributed by atoms with Crippen LogP contribution in [0.25, 0.3) is 0 Å². The Kier molecular flexibility index (Phi) is 4.58. The lowest BCUT2D eigenvalue weighted by Gasteiger charge is -2.08. The molecular formula is C15H13ClFNO2. The highest BCUT2D eigenvalue weighted by Gasteiger charge is 2.04. The van der Waals surface area contributed by atoms with Crippen LogP contribution in [0.5, 0.6) is 5.75 Å². The molecule has 0 unspecified atom stereocenters. The predicted molar refractivity (Wildman–Crippen MR) is 76.2 cm³/mol. The van der Waals surface area contributed by atoms with Gasteiger partial charge in [-0.1, -0.05) is 22.8 Å². The molecule has 0 amide bonds. The first kappa shape index (κ1) is 14.3. The van der Waals surface area contributed by atoms with Gasteiger partial charge in [0.2, 0.25) is 0 Å². The summed E-state index contributed by atoms with van der Waals surface area (Å²) in [6.07, 6.45) is 0. The summed E-state index contributed by atoms with van der Waals surface area (Å²) in [7, 11) is 0. The molecule has 1 N–H and O–H groups in total. The Morgan fingerprint density at radius 1 is 1.25 bits per heavy atom. The summed E-state index contributed by atoms with van der Waals surface area (Å²) >= 11 is 5.68. The van der Waals surface area contributed by atoms with Crippen molar-refractivity contribution in [1.29, 1.82) is 0 Å². The first-order valence-electron chi connectivity index (χ1n) is 5.96. The van der Waals surface area contributed by atoms with Gasteiger partial charge in [-0.15, -0.1) is 0 Å². The van der Waals surface area contributed by atoms with E-state index in [1.54, 1.807) is 43.3 Å². The summed E-state index contributed by atoms with van der Waals surface area (Å²) < 4.78 is 19.1. The summed E-state index contributed by atoms with van der Waals surface area (Å²) in [5.41, 5.74) is 1.74. The molecule has 0 atom stereocenters. The van der Waals surface area contributed by atoms with Crippen LogP contribution >= 0.6 is 11.6 Å². The first-order chi connectivity index (χ1) is 9.60. The maximum absolute atomic E-state index is 13.6. The fraction of sp³-hybridized carbons (Fsp3) is 0.133. The Hall–Kier alpha value is -2.07. The van der Waals surface area contributed by atoms with E-state index in [1.165, 1.54) is 6.07 Å². The van der Waals surface area contributed by atoms with Crippen LogP contribution in [0.4, 0.5) is 4.39 Å². The lowest BCUT2D eigenvalue weighted by atomic mass is 10.1. The average Bonchev–Trinajstić information content (AvgIpc) is 2.46. The van der Waals surface area contributed by atoms with Crippen molar-refractivity contribution in [1.82, 2.24) is 0 Å². The molecule has 0 bridgehead atoms. The van der Waals surface area contributed by atoms with E-state index in [0.717, 1.165) is 5.56 Å². The van der Waals surface area contributed by atoms with Gasteiger partial charge >= 0.3 is 0 Å². The Morgan fingerprint density at radius 3 is 2.55 bits per heavy atom. The van der Waals surface area contributed by atoms with Crippen molar-refractivity contribution < 1.29 is 14.3 Å². The van der Waals surface area contributed by atoms with Gasteiger partial charge in [0.1, 0.15) is 18.2 Å². The Morgan fingerprint density at radius 2 is 1.95 bits per heavy atom. The molecule has 2 aromatic carbocycles. The van der Waals surface area contributed by atoms with Crippen molar-refractivity contribution in [2.24, 2.45) is 5.16 Å². The van der Waals surface area contributed by atoms with Crippen LogP contribution < -0.4 is 4.74 Å². The van der Waals surface area contributed by atoms with Crippen LogP contribution in [0.15, 0.2) is 47.6 Å². The Labute approximate surface area is 121 Å². The third-order valence-corrected chi connectivity index (χ3v) is 3.07. The Balaban J connectivity index is 2.04. The molecule has 0 saturated heterocycles. The van der Waals surface area contributed by atoms with E-state index in [9.17, 15) is 4.39 Å². The molecule has 0 radical (unpaired) electrons. The van der Waals surface area contributed by atoms with Gasteiger partial charge in [-0.25, -0.2) is 4.39 Å². The van der Waals surface area contributed by atoms with Crippen LogP contribution in [0, 0.1) is 5.82 Å². The number of benzene rings is 2. The minimum Gasteiger partial charge on any atom is -0.489 e. The maximum Gasteiger partial charge on any atom is 0.131 e. The van der Waals surface area contributed by atoms with Crippen molar-refractivity contribution in [2.75, 3.05) is 0 Å². The lowest BCUT2D eigenvalue weighted by molar-refractivity contribution is 0.300. The third kappa shape index (κ3) is 3.48. The number of oxime groups is 1. The van der Waals surface area contributed by atoms with E-state index in [1.807, 2.05) is 0 Å². The van der Waals surface area contributed by atoms with Gasteiger partial charge in [0.25, 0.3) is 0 Å². The summed E-state index contributed by atoms with van der Waals surface area (Å²) in [6, 6.07) is 11.5. The molecule has 0 fully saturated rings. The SMILES string of the molecule is C/C(=N/O)c1ccc(OCc2ccc(Cl)cc2F)cc1. The van der Waals surface area contributed by atoms with Crippen LogP contribution in [-0.4, -0.2) is 10.9 Å². The molecule has 5 heteroatoms. The van der Waals surface area contributed by atoms with Crippen molar-refractivity contribution in [3.05, 3.63) is 64.4 Å². The van der Waals surface area contributed by atoms with E-state index in [4.69, 9.17) is 21.5 Å². The zero-order chi connectivity index (χ0) is 14.5. The molecule has 2 aromatic rings. The van der Waals surface area contributed by atoms with Crippen LogP contribution in [-0.2, 0) is 6.61 Å². The monoisotopic (exact) mass is 293 g/mol. The summed E-state index contributed by atoms with van der Waals surface area (Å²) in [5, 5.41) is 12.1. The predicted octanol–water partition coefficient (Wildman–Crippen LogP) is 4.26. The second kappa shape index (κ2) is 6.39. The maximum atomic E-state index is 13.6. The second-order valence-corrected chi connectivity index (χ2v) is 4.67. The summed E-state index contributed by atoms with van der Waals surface area (Å²) in [6.45, 7) is 1.81. The Bertz CT molecular complexity index is 626. The molecule has 0 heterocycles. The van der Waals surface area contributed by atoms with Gasteiger partial charge < -0.3 is 9.94 Å². The molecule has 2 rings (SSSR count). The normalized spacial score (nSPS) is 11.4. The molecule has 0 spiro atoms. The van der Waals surface area contributed by atoms with Gasteiger partial charge in [-0.2, -0.15) is 0 Å². The molecule has 20 heavy (non-hydrogen) atoms. The number of halogens is 2. The first-order valence-corrected chi connectivity index (χ1v) is 6.34. The van der Waals surface area contributed by atoms with Gasteiger partial charge in [0, 0.05) is 10.6 Å². The molecule has 0 aliphatic heterocycles. The summed E-state index contributed by atoms with van der Waals surface area (Å²) in [5.74, 6) is 0.214. The highest BCUT2D eigenvalue weighted by Crippen LogP contribution is 2.18. The quantitative estimate of drug-likeness (QED) is 0.520. The van der Waals surface area contributed by atoms with Crippen LogP contribution in [0.3, 0.4) is 0 Å². The molecular weight excluding hydrogens is 281 g/mol. The minimum absolute atomic E-state index is 0.120. The standard InChI is InChI=1S/C15H13ClFNO2/c1-10(18-19)11-3-6-14(7-4-11)20-9-12-2-5-13(16)8-15(12)17/h2-8,19H,9H2,1H3/b18-10-. The van der Waals surface area contributed by atoms with E-state index in [2.05, 4.69) is 5.16 Å². The number of ether oxygens (including phenoxy) is 1. The summed E-state index contributed by atoms with van der Waals surface area (Å²) in [4.78, 5) is 0. The topological polar surface area (TPSA) is 41.8 Å². The molecule has 0 saturated carbocycles. The smallest absolute Gasteiger partial charge is 0.131 e. The largest absolute Gasteiger partial charge is 0.489 e. The van der Waals surface area contributed by atoms with Crippen molar-refractivity contribution in [3.8, 4) is 5.75 Å². The van der Waals surface area contributed by atoms with Crippen molar-refractivity contribution in [3.63, 3.8) is 0 Å². The highest BCUT2D eigenvalue weighted by molar-refractivity contribution is 6.30. The number of hydrogen-bond donors (Lipinski definition) is 1. The zero-order valence-corrected chi connectivity index (χ0v) is 11.6. The molecule has 0 aliphatic rings. The molecule has 0 aromatic heterocycles. The number of hydrogen-bond acceptors (Lipinski definition) is 3. The minimum atomic E-state index is -0.391. The number of rotatable bonds is 4. The van der Waals surface area contributed by atoms with Gasteiger partial charge in [0.05, 0.1) is 5.71 Å². The second-order valence-electron chi connectivity index (χ2n) is 4.23. The van der Waals surface area contributed by atoms with E-state index in [0.29, 0.717) is 22.0 Å². The van der Waals surface area contributed by atoms with E-state index >= 15 is 0 Å². The van der Waals surface area contributed by atoms with Crippen molar-refractivity contribution in [2.45, 2.75) is 13.5 Å². The lowest BCUT2D eigenvalue weighted by Crippen LogP contribution is -1.99. The van der Waals surface area contributed by atoms with E-state index in [-0.39, 0.29) is 6.61 Å². The van der Waals surface area contributed by atoms with E-state index < -0.39 is 5.82 Å². The highest BCUT2D eigenvalue weighted by atomic mass is 35.5. The third-order valence-electron chi connectivity index (χ3n) is 2.83. The average molecular weight is 294 g/mol. The van der Waals surface area contributed by atoms with Gasteiger partial charge in [0.15, 0.2) is 0 Å².